The van der Waals surface area contributed by atoms with E-state index in [4.69, 9.17) is 11.6 Å². The molecule has 0 bridgehead atoms. The van der Waals surface area contributed by atoms with Crippen LogP contribution in [0.3, 0.4) is 0 Å². The molecule has 2 aromatic carbocycles. The number of anilines is 1. The van der Waals surface area contributed by atoms with E-state index in [9.17, 15) is 14.4 Å². The Labute approximate surface area is 164 Å². The van der Waals surface area contributed by atoms with Crippen molar-refractivity contribution in [3.05, 3.63) is 81.5 Å². The predicted molar refractivity (Wildman–Crippen MR) is 103 cm³/mol. The predicted octanol–water partition coefficient (Wildman–Crippen LogP) is 2.00. The van der Waals surface area contributed by atoms with Crippen LogP contribution in [0.15, 0.2) is 59.4 Å². The van der Waals surface area contributed by atoms with Crippen molar-refractivity contribution < 1.29 is 9.59 Å². The Kier molecular flexibility index (Phi) is 4.70. The summed E-state index contributed by atoms with van der Waals surface area (Å²) in [7, 11) is 0. The topological polar surface area (TPSA) is 89.2 Å². The van der Waals surface area contributed by atoms with Gasteiger partial charge in [0.15, 0.2) is 5.82 Å². The van der Waals surface area contributed by atoms with Gasteiger partial charge >= 0.3 is 11.7 Å². The van der Waals surface area contributed by atoms with Gasteiger partial charge in [0.1, 0.15) is 6.54 Å². The fourth-order valence-electron chi connectivity index (χ4n) is 2.99. The van der Waals surface area contributed by atoms with Gasteiger partial charge in [-0.3, -0.25) is 9.69 Å². The molecular formula is C19H16ClN5O3. The van der Waals surface area contributed by atoms with Gasteiger partial charge in [-0.05, 0) is 29.8 Å². The lowest BCUT2D eigenvalue weighted by Gasteiger charge is -2.14. The summed E-state index contributed by atoms with van der Waals surface area (Å²) >= 11 is 5.87. The van der Waals surface area contributed by atoms with E-state index in [-0.39, 0.29) is 19.0 Å². The third kappa shape index (κ3) is 3.41. The van der Waals surface area contributed by atoms with Gasteiger partial charge in [-0.1, -0.05) is 41.9 Å². The molecule has 28 heavy (non-hydrogen) atoms. The number of carbonyl (C=O) groups excluding carboxylic acids is 2. The molecule has 3 aromatic rings. The molecule has 0 radical (unpaired) electrons. The van der Waals surface area contributed by atoms with Crippen LogP contribution >= 0.6 is 11.6 Å². The monoisotopic (exact) mass is 397 g/mol. The highest BCUT2D eigenvalue weighted by atomic mass is 35.5. The molecule has 2 amide bonds. The summed E-state index contributed by atoms with van der Waals surface area (Å²) in [6.07, 6.45) is 0. The maximum atomic E-state index is 12.6. The highest BCUT2D eigenvalue weighted by molar-refractivity contribution is 6.30. The summed E-state index contributed by atoms with van der Waals surface area (Å²) in [4.78, 5) is 38.7. The van der Waals surface area contributed by atoms with E-state index in [1.54, 1.807) is 24.3 Å². The van der Waals surface area contributed by atoms with E-state index in [0.29, 0.717) is 23.1 Å². The van der Waals surface area contributed by atoms with E-state index >= 15 is 0 Å². The second-order valence-corrected chi connectivity index (χ2v) is 6.74. The van der Waals surface area contributed by atoms with Gasteiger partial charge in [0.2, 0.25) is 5.91 Å². The van der Waals surface area contributed by atoms with Crippen LogP contribution in [0.5, 0.6) is 0 Å². The molecule has 1 aromatic heterocycles. The van der Waals surface area contributed by atoms with E-state index in [1.807, 2.05) is 30.3 Å². The molecule has 142 valence electrons. The van der Waals surface area contributed by atoms with Crippen molar-refractivity contribution in [1.29, 1.82) is 0 Å². The van der Waals surface area contributed by atoms with Gasteiger partial charge in [0.25, 0.3) is 0 Å². The van der Waals surface area contributed by atoms with Crippen molar-refractivity contribution in [3.63, 3.8) is 0 Å². The lowest BCUT2D eigenvalue weighted by Crippen LogP contribution is -2.37. The zero-order valence-electron chi connectivity index (χ0n) is 14.7. The molecular weight excluding hydrogens is 382 g/mol. The van der Waals surface area contributed by atoms with Gasteiger partial charge < -0.3 is 5.32 Å². The zero-order chi connectivity index (χ0) is 19.7. The second-order valence-electron chi connectivity index (χ2n) is 6.30. The van der Waals surface area contributed by atoms with Crippen molar-refractivity contribution >= 4 is 29.2 Å². The third-order valence-electron chi connectivity index (χ3n) is 4.39. The maximum absolute atomic E-state index is 12.6. The summed E-state index contributed by atoms with van der Waals surface area (Å²) in [5.74, 6) is -0.0643. The van der Waals surface area contributed by atoms with Crippen LogP contribution in [-0.2, 0) is 24.4 Å². The van der Waals surface area contributed by atoms with E-state index in [1.165, 1.54) is 4.90 Å². The number of amides is 2. The summed E-state index contributed by atoms with van der Waals surface area (Å²) < 4.78 is 1.99. The molecule has 4 rings (SSSR count). The lowest BCUT2D eigenvalue weighted by molar-refractivity contribution is -0.122. The van der Waals surface area contributed by atoms with Crippen molar-refractivity contribution in [3.8, 4) is 0 Å². The molecule has 0 unspecified atom stereocenters. The second kappa shape index (κ2) is 7.32. The average molecular weight is 398 g/mol. The molecule has 0 saturated carbocycles. The van der Waals surface area contributed by atoms with Crippen LogP contribution in [0.1, 0.15) is 11.4 Å². The van der Waals surface area contributed by atoms with Crippen molar-refractivity contribution in [1.82, 2.24) is 19.7 Å². The normalized spacial score (nSPS) is 12.9. The summed E-state index contributed by atoms with van der Waals surface area (Å²) in [6.45, 7) is 0.250. The third-order valence-corrected chi connectivity index (χ3v) is 4.64. The Morgan fingerprint density at radius 2 is 1.79 bits per heavy atom. The lowest BCUT2D eigenvalue weighted by atomic mass is 10.2. The fraction of sp³-hybridized carbons (Fsp3) is 0.158. The molecule has 2 heterocycles. The minimum absolute atomic E-state index is 0.147. The van der Waals surface area contributed by atoms with E-state index in [0.717, 1.165) is 14.8 Å². The smallest absolute Gasteiger partial charge is 0.350 e. The number of carbonyl (C=O) groups is 2. The average Bonchev–Trinajstić information content (AvgIpc) is 3.18. The highest BCUT2D eigenvalue weighted by Crippen LogP contribution is 2.23. The van der Waals surface area contributed by atoms with Gasteiger partial charge in [-0.15, -0.1) is 0 Å². The first-order chi connectivity index (χ1) is 13.5. The molecule has 0 saturated heterocycles. The van der Waals surface area contributed by atoms with Crippen LogP contribution in [0, 0.1) is 0 Å². The molecule has 0 atom stereocenters. The molecule has 8 nitrogen and oxygen atoms in total. The molecule has 0 spiro atoms. The van der Waals surface area contributed by atoms with Crippen LogP contribution in [0.4, 0.5) is 10.5 Å². The SMILES string of the molecule is O=C(Cn1nc2n(c1=O)C(=O)N(c1ccc(Cl)cc1)C2)NCc1ccccc1. The van der Waals surface area contributed by atoms with Gasteiger partial charge in [-0.2, -0.15) is 9.67 Å². The Morgan fingerprint density at radius 1 is 1.07 bits per heavy atom. The maximum Gasteiger partial charge on any atom is 0.354 e. The molecule has 0 fully saturated rings. The first-order valence-corrected chi connectivity index (χ1v) is 8.97. The fourth-order valence-corrected chi connectivity index (χ4v) is 3.12. The summed E-state index contributed by atoms with van der Waals surface area (Å²) in [6, 6.07) is 15.7. The number of hydrogen-bond acceptors (Lipinski definition) is 4. The van der Waals surface area contributed by atoms with Gasteiger partial charge in [-0.25, -0.2) is 14.3 Å². The number of halogens is 1. The van der Waals surface area contributed by atoms with Crippen LogP contribution < -0.4 is 15.9 Å². The summed E-state index contributed by atoms with van der Waals surface area (Å²) in [5.41, 5.74) is 0.932. The van der Waals surface area contributed by atoms with Crippen molar-refractivity contribution in [2.24, 2.45) is 0 Å². The number of aromatic nitrogens is 3. The molecule has 9 heteroatoms. The van der Waals surface area contributed by atoms with Crippen LogP contribution in [0.25, 0.3) is 0 Å². The van der Waals surface area contributed by atoms with Gasteiger partial charge in [0, 0.05) is 17.3 Å². The number of rotatable bonds is 5. The Hall–Kier alpha value is -3.39. The minimum Gasteiger partial charge on any atom is -0.350 e. The number of nitrogens with zero attached hydrogens (tertiary/aromatic N) is 4. The molecule has 0 aliphatic carbocycles. The number of fused-ring (bicyclic) bond motifs is 1. The Morgan fingerprint density at radius 3 is 2.46 bits per heavy atom. The Bertz CT molecular complexity index is 1090. The first-order valence-electron chi connectivity index (χ1n) is 8.60. The Balaban J connectivity index is 1.45. The van der Waals surface area contributed by atoms with Crippen molar-refractivity contribution in [2.45, 2.75) is 19.6 Å². The highest BCUT2D eigenvalue weighted by Gasteiger charge is 2.33. The standard InChI is InChI=1S/C19H16ClN5O3/c20-14-6-8-15(9-7-14)23-11-16-22-24(19(28)25(16)18(23)27)12-17(26)21-10-13-4-2-1-3-5-13/h1-9H,10-12H2,(H,21,26). The first kappa shape index (κ1) is 18.0. The number of nitrogens with one attached hydrogen (secondary N) is 1. The van der Waals surface area contributed by atoms with Gasteiger partial charge in [0.05, 0.1) is 6.54 Å². The van der Waals surface area contributed by atoms with Crippen LogP contribution in [0.2, 0.25) is 5.02 Å². The number of hydrogen-bond donors (Lipinski definition) is 1. The molecule has 1 aliphatic rings. The zero-order valence-corrected chi connectivity index (χ0v) is 15.5. The molecule has 1 aliphatic heterocycles. The quantitative estimate of drug-likeness (QED) is 0.713. The van der Waals surface area contributed by atoms with E-state index < -0.39 is 11.7 Å². The number of benzene rings is 2. The largest absolute Gasteiger partial charge is 0.354 e. The van der Waals surface area contributed by atoms with E-state index in [2.05, 4.69) is 10.4 Å². The van der Waals surface area contributed by atoms with Crippen LogP contribution in [-0.4, -0.2) is 26.3 Å². The minimum atomic E-state index is -0.633. The van der Waals surface area contributed by atoms with Crippen molar-refractivity contribution in [2.75, 3.05) is 4.90 Å². The summed E-state index contributed by atoms with van der Waals surface area (Å²) in [5, 5.41) is 7.43. The molecule has 1 N–H and O–H groups in total.